The Kier molecular flexibility index (Phi) is 6.24. The van der Waals surface area contributed by atoms with E-state index in [0.717, 1.165) is 48.0 Å². The summed E-state index contributed by atoms with van der Waals surface area (Å²) in [5.74, 6) is 7.02. The van der Waals surface area contributed by atoms with E-state index in [0.29, 0.717) is 10.8 Å². The number of unbranched alkanes of at least 4 members (excludes halogenated alkanes) is 1. The fourth-order valence-corrected chi connectivity index (χ4v) is 9.55. The van der Waals surface area contributed by atoms with Gasteiger partial charge in [0.15, 0.2) is 0 Å². The molecule has 28 heavy (non-hydrogen) atoms. The Labute approximate surface area is 176 Å². The van der Waals surface area contributed by atoms with Crippen LogP contribution in [0.25, 0.3) is 0 Å². The lowest BCUT2D eigenvalue weighted by atomic mass is 9.44. The van der Waals surface area contributed by atoms with Gasteiger partial charge in [0, 0.05) is 0 Å². The van der Waals surface area contributed by atoms with Crippen LogP contribution in [0.5, 0.6) is 0 Å². The highest BCUT2D eigenvalue weighted by atomic mass is 14.7. The third-order valence-electron chi connectivity index (χ3n) is 11.1. The average Bonchev–Trinajstić information content (AvgIpc) is 3.04. The molecule has 1 heteroatoms. The molecule has 1 nitrogen and oxygen atoms in total. The molecule has 0 aliphatic heterocycles. The van der Waals surface area contributed by atoms with Crippen LogP contribution in [0.2, 0.25) is 0 Å². The number of hydrogen-bond acceptors (Lipinski definition) is 1. The van der Waals surface area contributed by atoms with Gasteiger partial charge in [-0.3, -0.25) is 0 Å². The van der Waals surface area contributed by atoms with Crippen LogP contribution in [-0.4, -0.2) is 6.54 Å². The predicted octanol–water partition coefficient (Wildman–Crippen LogP) is 7.44. The molecule has 0 bridgehead atoms. The van der Waals surface area contributed by atoms with Gasteiger partial charge < -0.3 is 5.73 Å². The summed E-state index contributed by atoms with van der Waals surface area (Å²) in [6.07, 6.45) is 19.3. The summed E-state index contributed by atoms with van der Waals surface area (Å²) in [6.45, 7) is 11.3. The van der Waals surface area contributed by atoms with Crippen LogP contribution in [0, 0.1) is 52.3 Å². The molecule has 4 saturated carbocycles. The van der Waals surface area contributed by atoms with Crippen LogP contribution >= 0.6 is 0 Å². The van der Waals surface area contributed by atoms with Crippen molar-refractivity contribution in [2.75, 3.05) is 6.54 Å². The molecule has 0 aromatic carbocycles. The van der Waals surface area contributed by atoms with Gasteiger partial charge in [0.25, 0.3) is 0 Å². The van der Waals surface area contributed by atoms with Crippen molar-refractivity contribution < 1.29 is 0 Å². The first kappa shape index (κ1) is 21.2. The minimum Gasteiger partial charge on any atom is -0.330 e. The zero-order chi connectivity index (χ0) is 19.9. The molecule has 4 fully saturated rings. The van der Waals surface area contributed by atoms with Crippen LogP contribution in [-0.2, 0) is 0 Å². The van der Waals surface area contributed by atoms with E-state index >= 15 is 0 Å². The number of hydrogen-bond donors (Lipinski definition) is 1. The number of rotatable bonds is 6. The zero-order valence-corrected chi connectivity index (χ0v) is 19.5. The molecular weight excluding hydrogens is 338 g/mol. The highest BCUT2D eigenvalue weighted by molar-refractivity contribution is 5.09. The van der Waals surface area contributed by atoms with E-state index in [1.165, 1.54) is 64.2 Å². The molecule has 0 aromatic rings. The molecule has 9 atom stereocenters. The van der Waals surface area contributed by atoms with Crippen molar-refractivity contribution in [1.82, 2.24) is 0 Å². The average molecular weight is 388 g/mol. The van der Waals surface area contributed by atoms with Gasteiger partial charge >= 0.3 is 0 Å². The Hall–Kier alpha value is -0.0400. The van der Waals surface area contributed by atoms with Crippen LogP contribution in [0.1, 0.15) is 111 Å². The summed E-state index contributed by atoms with van der Waals surface area (Å²) in [4.78, 5) is 0. The number of nitrogens with two attached hydrogens (primary N) is 1. The molecule has 0 saturated heterocycles. The van der Waals surface area contributed by atoms with E-state index in [9.17, 15) is 0 Å². The van der Waals surface area contributed by atoms with Crippen molar-refractivity contribution in [2.45, 2.75) is 111 Å². The van der Waals surface area contributed by atoms with Gasteiger partial charge in [0.05, 0.1) is 0 Å². The summed E-state index contributed by atoms with van der Waals surface area (Å²) in [5, 5.41) is 0. The second-order valence-electron chi connectivity index (χ2n) is 12.2. The lowest BCUT2D eigenvalue weighted by Crippen LogP contribution is -2.53. The quantitative estimate of drug-likeness (QED) is 0.503. The van der Waals surface area contributed by atoms with Gasteiger partial charge in [-0.1, -0.05) is 47.0 Å². The Morgan fingerprint density at radius 3 is 2.43 bits per heavy atom. The fourth-order valence-electron chi connectivity index (χ4n) is 9.55. The van der Waals surface area contributed by atoms with E-state index in [4.69, 9.17) is 5.73 Å². The maximum Gasteiger partial charge on any atom is -0.00746 e. The van der Waals surface area contributed by atoms with Crippen molar-refractivity contribution in [1.29, 1.82) is 0 Å². The standard InChI is InChI=1S/C27H49N/c1-5-6-7-19(2)23-10-11-24-22-9-8-21-18-20(14-17-28)12-15-26(21,3)25(22)13-16-27(23,24)4/h19-25H,5-18,28H2,1-4H3/t19-,20?,21?,22?,23?,24?,25?,26?,27?/m1/s1. The third kappa shape index (κ3) is 3.40. The van der Waals surface area contributed by atoms with E-state index in [1.807, 2.05) is 0 Å². The molecule has 162 valence electrons. The number of fused-ring (bicyclic) bond motifs is 5. The van der Waals surface area contributed by atoms with Gasteiger partial charge in [0.1, 0.15) is 0 Å². The first-order chi connectivity index (χ1) is 13.4. The molecule has 4 rings (SSSR count). The SMILES string of the molecule is CCCC[C@@H](C)C1CCC2C3CCC4CC(CCN)CCC4(C)C3CCC21C. The molecule has 4 aliphatic rings. The highest BCUT2D eigenvalue weighted by Crippen LogP contribution is 2.68. The van der Waals surface area contributed by atoms with Crippen LogP contribution in [0.4, 0.5) is 0 Å². The first-order valence-electron chi connectivity index (χ1n) is 13.1. The molecule has 0 radical (unpaired) electrons. The smallest absolute Gasteiger partial charge is 0.00746 e. The van der Waals surface area contributed by atoms with Gasteiger partial charge in [-0.2, -0.15) is 0 Å². The molecule has 4 aliphatic carbocycles. The Morgan fingerprint density at radius 2 is 1.68 bits per heavy atom. The van der Waals surface area contributed by atoms with Crippen LogP contribution in [0.3, 0.4) is 0 Å². The van der Waals surface area contributed by atoms with Gasteiger partial charge in [0.2, 0.25) is 0 Å². The van der Waals surface area contributed by atoms with Gasteiger partial charge in [-0.15, -0.1) is 0 Å². The summed E-state index contributed by atoms with van der Waals surface area (Å²) in [6, 6.07) is 0. The minimum atomic E-state index is 0.654. The summed E-state index contributed by atoms with van der Waals surface area (Å²) >= 11 is 0. The third-order valence-corrected chi connectivity index (χ3v) is 11.1. The topological polar surface area (TPSA) is 26.0 Å². The van der Waals surface area contributed by atoms with Gasteiger partial charge in [-0.05, 0) is 123 Å². The minimum absolute atomic E-state index is 0.654. The van der Waals surface area contributed by atoms with E-state index < -0.39 is 0 Å². The van der Waals surface area contributed by atoms with E-state index in [2.05, 4.69) is 27.7 Å². The summed E-state index contributed by atoms with van der Waals surface area (Å²) < 4.78 is 0. The van der Waals surface area contributed by atoms with Gasteiger partial charge in [-0.25, -0.2) is 0 Å². The van der Waals surface area contributed by atoms with Crippen molar-refractivity contribution in [3.8, 4) is 0 Å². The van der Waals surface area contributed by atoms with E-state index in [1.54, 1.807) is 19.3 Å². The Bertz CT molecular complexity index is 528. The highest BCUT2D eigenvalue weighted by Gasteiger charge is 2.60. The summed E-state index contributed by atoms with van der Waals surface area (Å²) in [7, 11) is 0. The van der Waals surface area contributed by atoms with Crippen molar-refractivity contribution in [2.24, 2.45) is 58.0 Å². The van der Waals surface area contributed by atoms with E-state index in [-0.39, 0.29) is 0 Å². The lowest BCUT2D eigenvalue weighted by Gasteiger charge is -2.61. The Balaban J connectivity index is 1.48. The second-order valence-corrected chi connectivity index (χ2v) is 12.2. The maximum atomic E-state index is 5.91. The van der Waals surface area contributed by atoms with Crippen molar-refractivity contribution >= 4 is 0 Å². The first-order valence-corrected chi connectivity index (χ1v) is 13.1. The van der Waals surface area contributed by atoms with Crippen LogP contribution < -0.4 is 5.73 Å². The van der Waals surface area contributed by atoms with Crippen molar-refractivity contribution in [3.05, 3.63) is 0 Å². The normalized spacial score (nSPS) is 49.2. The maximum absolute atomic E-state index is 5.91. The monoisotopic (exact) mass is 387 g/mol. The molecule has 0 amide bonds. The largest absolute Gasteiger partial charge is 0.330 e. The molecule has 8 unspecified atom stereocenters. The molecule has 0 spiro atoms. The molecule has 0 aromatic heterocycles. The fraction of sp³-hybridized carbons (Fsp3) is 1.00. The summed E-state index contributed by atoms with van der Waals surface area (Å²) in [5.41, 5.74) is 7.22. The molecular formula is C27H49N. The lowest BCUT2D eigenvalue weighted by molar-refractivity contribution is -0.121. The zero-order valence-electron chi connectivity index (χ0n) is 19.5. The Morgan fingerprint density at radius 1 is 0.929 bits per heavy atom. The second kappa shape index (κ2) is 8.24. The molecule has 0 heterocycles. The predicted molar refractivity (Wildman–Crippen MR) is 121 cm³/mol. The van der Waals surface area contributed by atoms with Crippen LogP contribution in [0.15, 0.2) is 0 Å². The van der Waals surface area contributed by atoms with Crippen molar-refractivity contribution in [3.63, 3.8) is 0 Å². The molecule has 2 N–H and O–H groups in total.